The van der Waals surface area contributed by atoms with Crippen LogP contribution in [0.15, 0.2) is 46.2 Å². The monoisotopic (exact) mass is 402 g/mol. The highest BCUT2D eigenvalue weighted by atomic mass is 35.5. The molecule has 0 atom stereocenters. The maximum atomic E-state index is 13.1. The zero-order valence-corrected chi connectivity index (χ0v) is 14.9. The Morgan fingerprint density at radius 1 is 1.00 bits per heavy atom. The van der Waals surface area contributed by atoms with Crippen molar-refractivity contribution < 1.29 is 13.2 Å². The van der Waals surface area contributed by atoms with Crippen molar-refractivity contribution in [2.75, 3.05) is 0 Å². The Labute approximate surface area is 152 Å². The van der Waals surface area contributed by atoms with Crippen molar-refractivity contribution >= 4 is 61.5 Å². The smallest absolute Gasteiger partial charge is 0.266 e. The fourth-order valence-corrected chi connectivity index (χ4v) is 5.34. The van der Waals surface area contributed by atoms with Gasteiger partial charge in [-0.2, -0.15) is 0 Å². The summed E-state index contributed by atoms with van der Waals surface area (Å²) in [4.78, 5) is 13.9. The Balaban J connectivity index is 2.46. The van der Waals surface area contributed by atoms with E-state index in [0.29, 0.717) is 10.5 Å². The lowest BCUT2D eigenvalue weighted by molar-refractivity contribution is 0.0993. The lowest BCUT2D eigenvalue weighted by atomic mass is 10.2. The van der Waals surface area contributed by atoms with Crippen molar-refractivity contribution in [2.45, 2.75) is 9.79 Å². The number of aromatic amines is 1. The summed E-state index contributed by atoms with van der Waals surface area (Å²) in [5.41, 5.74) is 5.47. The second-order valence-electron chi connectivity index (χ2n) is 4.94. The van der Waals surface area contributed by atoms with Crippen LogP contribution in [0.1, 0.15) is 10.5 Å². The van der Waals surface area contributed by atoms with E-state index in [4.69, 9.17) is 40.5 Å². The highest BCUT2D eigenvalue weighted by molar-refractivity contribution is 7.92. The molecule has 0 aliphatic rings. The van der Waals surface area contributed by atoms with Crippen LogP contribution in [0.25, 0.3) is 10.9 Å². The van der Waals surface area contributed by atoms with Crippen molar-refractivity contribution in [1.29, 1.82) is 0 Å². The van der Waals surface area contributed by atoms with Crippen molar-refractivity contribution in [3.63, 3.8) is 0 Å². The molecule has 1 aromatic heterocycles. The maximum Gasteiger partial charge on any atom is 0.266 e. The number of aromatic nitrogens is 1. The van der Waals surface area contributed by atoms with E-state index in [1.54, 1.807) is 12.1 Å². The summed E-state index contributed by atoms with van der Waals surface area (Å²) < 4.78 is 26.3. The fraction of sp³-hybridized carbons (Fsp3) is 0. The molecule has 0 aliphatic heterocycles. The first-order valence-electron chi connectivity index (χ1n) is 6.53. The van der Waals surface area contributed by atoms with Gasteiger partial charge in [-0.3, -0.25) is 4.79 Å². The van der Waals surface area contributed by atoms with E-state index in [2.05, 4.69) is 4.98 Å². The van der Waals surface area contributed by atoms with E-state index in [1.807, 2.05) is 0 Å². The molecular weight excluding hydrogens is 395 g/mol. The van der Waals surface area contributed by atoms with Gasteiger partial charge in [0, 0.05) is 15.9 Å². The molecular formula is C15H9Cl3N2O3S. The summed E-state index contributed by atoms with van der Waals surface area (Å²) in [6.45, 7) is 0. The van der Waals surface area contributed by atoms with Gasteiger partial charge < -0.3 is 10.7 Å². The number of amides is 1. The van der Waals surface area contributed by atoms with Gasteiger partial charge in [0.15, 0.2) is 0 Å². The number of primary amides is 1. The molecule has 5 nitrogen and oxygen atoms in total. The Morgan fingerprint density at radius 2 is 1.62 bits per heavy atom. The quantitative estimate of drug-likeness (QED) is 0.690. The number of hydrogen-bond acceptors (Lipinski definition) is 3. The predicted molar refractivity (Wildman–Crippen MR) is 93.7 cm³/mol. The van der Waals surface area contributed by atoms with Gasteiger partial charge in [-0.1, -0.05) is 40.9 Å². The molecule has 124 valence electrons. The summed E-state index contributed by atoms with van der Waals surface area (Å²) in [6, 6.07) is 8.85. The minimum atomic E-state index is -4.23. The zero-order chi connectivity index (χ0) is 17.6. The van der Waals surface area contributed by atoms with Gasteiger partial charge in [-0.05, 0) is 30.3 Å². The van der Waals surface area contributed by atoms with Gasteiger partial charge >= 0.3 is 0 Å². The minimum Gasteiger partial charge on any atom is -0.364 e. The zero-order valence-electron chi connectivity index (χ0n) is 11.8. The standard InChI is InChI=1S/C15H9Cl3N2O3S/c16-7-4-5-11-8(6-7)13(12(20-11)15(19)21)24(22,23)14-9(17)2-1-3-10(14)18/h1-6,20H,(H2,19,21). The SMILES string of the molecule is NC(=O)c1[nH]c2ccc(Cl)cc2c1S(=O)(=O)c1c(Cl)cccc1Cl. The van der Waals surface area contributed by atoms with Gasteiger partial charge in [-0.15, -0.1) is 0 Å². The van der Waals surface area contributed by atoms with Gasteiger partial charge in [0.2, 0.25) is 9.84 Å². The highest BCUT2D eigenvalue weighted by Crippen LogP contribution is 2.38. The molecule has 1 amide bonds. The summed E-state index contributed by atoms with van der Waals surface area (Å²) in [5, 5.41) is 0.412. The minimum absolute atomic E-state index is 0.0608. The lowest BCUT2D eigenvalue weighted by Gasteiger charge is -2.09. The third-order valence-corrected chi connectivity index (χ3v) is 6.44. The number of rotatable bonds is 3. The number of hydrogen-bond donors (Lipinski definition) is 2. The molecule has 0 saturated heterocycles. The topological polar surface area (TPSA) is 93.0 Å². The highest BCUT2D eigenvalue weighted by Gasteiger charge is 2.32. The van der Waals surface area contributed by atoms with E-state index in [-0.39, 0.29) is 30.9 Å². The molecule has 1 heterocycles. The van der Waals surface area contributed by atoms with Gasteiger partial charge in [0.05, 0.1) is 10.0 Å². The Bertz CT molecular complexity index is 1070. The largest absolute Gasteiger partial charge is 0.364 e. The number of benzene rings is 2. The van der Waals surface area contributed by atoms with Crippen LogP contribution in [0.5, 0.6) is 0 Å². The first-order valence-corrected chi connectivity index (χ1v) is 9.15. The molecule has 3 N–H and O–H groups in total. The Kier molecular flexibility index (Phi) is 4.25. The molecule has 0 bridgehead atoms. The molecule has 3 aromatic rings. The number of nitrogens with one attached hydrogen (secondary N) is 1. The summed E-state index contributed by atoms with van der Waals surface area (Å²) in [6.07, 6.45) is 0. The van der Waals surface area contributed by atoms with Crippen LogP contribution in [0.2, 0.25) is 15.1 Å². The summed E-state index contributed by atoms with van der Waals surface area (Å²) in [5.74, 6) is -0.927. The second-order valence-corrected chi connectivity index (χ2v) is 8.01. The molecule has 0 fully saturated rings. The van der Waals surface area contributed by atoms with Crippen LogP contribution in [0.4, 0.5) is 0 Å². The second kappa shape index (κ2) is 5.97. The van der Waals surface area contributed by atoms with Crippen LogP contribution >= 0.6 is 34.8 Å². The molecule has 24 heavy (non-hydrogen) atoms. The Morgan fingerprint density at radius 3 is 2.21 bits per heavy atom. The van der Waals surface area contributed by atoms with Crippen LogP contribution in [0.3, 0.4) is 0 Å². The number of sulfone groups is 1. The van der Waals surface area contributed by atoms with Crippen molar-refractivity contribution in [3.05, 3.63) is 57.2 Å². The van der Waals surface area contributed by atoms with E-state index < -0.39 is 15.7 Å². The van der Waals surface area contributed by atoms with Crippen LogP contribution in [-0.2, 0) is 9.84 Å². The van der Waals surface area contributed by atoms with E-state index in [9.17, 15) is 13.2 Å². The molecule has 0 spiro atoms. The first-order chi connectivity index (χ1) is 11.2. The Hall–Kier alpha value is -1.73. The van der Waals surface area contributed by atoms with Crippen molar-refractivity contribution in [3.8, 4) is 0 Å². The fourth-order valence-electron chi connectivity index (χ4n) is 2.43. The van der Waals surface area contributed by atoms with E-state index in [0.717, 1.165) is 0 Å². The van der Waals surface area contributed by atoms with E-state index >= 15 is 0 Å². The van der Waals surface area contributed by atoms with Crippen molar-refractivity contribution in [2.24, 2.45) is 5.73 Å². The third-order valence-electron chi connectivity index (χ3n) is 3.42. The average molecular weight is 404 g/mol. The van der Waals surface area contributed by atoms with Crippen molar-refractivity contribution in [1.82, 2.24) is 4.98 Å². The lowest BCUT2D eigenvalue weighted by Crippen LogP contribution is -2.16. The first kappa shape index (κ1) is 17.1. The van der Waals surface area contributed by atoms with Crippen LogP contribution < -0.4 is 5.73 Å². The predicted octanol–water partition coefficient (Wildman–Crippen LogP) is 4.06. The molecule has 0 unspecified atom stereocenters. The van der Waals surface area contributed by atoms with Crippen LogP contribution in [0, 0.1) is 0 Å². The van der Waals surface area contributed by atoms with Gasteiger partial charge in [-0.25, -0.2) is 8.42 Å². The third kappa shape index (κ3) is 2.65. The number of carbonyl (C=O) groups is 1. The summed E-state index contributed by atoms with van der Waals surface area (Å²) >= 11 is 18.0. The number of nitrogens with two attached hydrogens (primary N) is 1. The molecule has 0 radical (unpaired) electrons. The normalized spacial score (nSPS) is 11.8. The van der Waals surface area contributed by atoms with Gasteiger partial charge in [0.25, 0.3) is 5.91 Å². The molecule has 3 rings (SSSR count). The van der Waals surface area contributed by atoms with E-state index in [1.165, 1.54) is 24.3 Å². The molecule has 2 aromatic carbocycles. The maximum absolute atomic E-state index is 13.1. The number of carbonyl (C=O) groups excluding carboxylic acids is 1. The molecule has 0 saturated carbocycles. The van der Waals surface area contributed by atoms with Gasteiger partial charge in [0.1, 0.15) is 15.5 Å². The number of H-pyrrole nitrogens is 1. The molecule has 9 heteroatoms. The van der Waals surface area contributed by atoms with Crippen LogP contribution in [-0.4, -0.2) is 19.3 Å². The number of fused-ring (bicyclic) bond motifs is 1. The molecule has 0 aliphatic carbocycles. The summed E-state index contributed by atoms with van der Waals surface area (Å²) in [7, 11) is -4.23. The average Bonchev–Trinajstić information content (AvgIpc) is 2.86. The number of halogens is 3.